The van der Waals surface area contributed by atoms with Gasteiger partial charge in [0, 0.05) is 0 Å². The number of allylic oxidation sites excluding steroid dienone is 8. The van der Waals surface area contributed by atoms with Crippen molar-refractivity contribution in [3.63, 3.8) is 0 Å². The van der Waals surface area contributed by atoms with Gasteiger partial charge in [0.2, 0.25) is 0 Å². The van der Waals surface area contributed by atoms with Crippen LogP contribution in [0, 0.1) is 0 Å². The molecule has 110 valence electrons. The van der Waals surface area contributed by atoms with Crippen LogP contribution in [0.3, 0.4) is 0 Å². The fourth-order valence-corrected chi connectivity index (χ4v) is 15.2. The molecule has 0 aromatic rings. The molecule has 3 aliphatic rings. The minimum absolute atomic E-state index is 0. The first-order valence-corrected chi connectivity index (χ1v) is 12.9. The van der Waals surface area contributed by atoms with Crippen LogP contribution in [0.4, 0.5) is 0 Å². The maximum Gasteiger partial charge on any atom is -0.147 e. The summed E-state index contributed by atoms with van der Waals surface area (Å²) in [6.45, 7) is 4.80. The average Bonchev–Trinajstić information content (AvgIpc) is 3.00. The first-order valence-electron chi connectivity index (χ1n) is 7.21. The van der Waals surface area contributed by atoms with Crippen molar-refractivity contribution in [2.75, 3.05) is 0 Å². The summed E-state index contributed by atoms with van der Waals surface area (Å²) in [6, 6.07) is 0. The molecule has 3 rings (SSSR count). The van der Waals surface area contributed by atoms with Gasteiger partial charge < -0.3 is 0 Å². The monoisotopic (exact) mass is 478 g/mol. The van der Waals surface area contributed by atoms with Crippen molar-refractivity contribution in [3.05, 3.63) is 44.9 Å². The number of halogens is 2. The second-order valence-electron chi connectivity index (χ2n) is 5.83. The molecule has 0 nitrogen and oxygen atoms in total. The summed E-state index contributed by atoms with van der Waals surface area (Å²) in [7, 11) is 0. The quantitative estimate of drug-likeness (QED) is 0.445. The summed E-state index contributed by atoms with van der Waals surface area (Å²) in [5.74, 6) is 0. The summed E-state index contributed by atoms with van der Waals surface area (Å²) in [5, 5.41) is 0. The molecule has 0 spiro atoms. The summed E-state index contributed by atoms with van der Waals surface area (Å²) in [5.41, 5.74) is 3.55. The van der Waals surface area contributed by atoms with Gasteiger partial charge in [0.15, 0.2) is 0 Å². The van der Waals surface area contributed by atoms with Crippen LogP contribution in [-0.4, -0.2) is 3.26 Å². The Bertz CT molecular complexity index is 517. The topological polar surface area (TPSA) is 0 Å². The van der Waals surface area contributed by atoms with E-state index in [-0.39, 0.29) is 24.8 Å². The smallest absolute Gasteiger partial charge is 0.147 e. The van der Waals surface area contributed by atoms with Gasteiger partial charge in [0.1, 0.15) is 0 Å². The standard InChI is InChI=1S/C9H11.C5H5.C3H6.2ClH.Hf/c1-2-5-9-7-3-6-8(9)4-1;1-2-4-5-3-1;1-3-2;;;/h3,6-7H,1-2,4-5H2;1-3H,4H2;1-2H3;2*1H;. The Labute approximate surface area is 142 Å². The predicted octanol–water partition coefficient (Wildman–Crippen LogP) is 5.73. The van der Waals surface area contributed by atoms with Crippen molar-refractivity contribution in [2.45, 2.75) is 49.6 Å². The van der Waals surface area contributed by atoms with Gasteiger partial charge in [-0.25, -0.2) is 0 Å². The molecule has 1 unspecified atom stereocenters. The maximum atomic E-state index is 2.57. The molecule has 0 fully saturated rings. The molecule has 0 aromatic carbocycles. The third kappa shape index (κ3) is 3.54. The van der Waals surface area contributed by atoms with Crippen LogP contribution in [0.15, 0.2) is 44.9 Å². The third-order valence-corrected chi connectivity index (χ3v) is 16.3. The second kappa shape index (κ2) is 8.06. The minimum Gasteiger partial charge on any atom is -0.147 e. The minimum atomic E-state index is -1.78. The maximum absolute atomic E-state index is 2.57. The second-order valence-corrected chi connectivity index (χ2v) is 16.9. The molecule has 0 bridgehead atoms. The molecule has 0 radical (unpaired) electrons. The SMILES string of the molecule is C[C](C)=[Hf]([C]1=CC=CC1)[CH]1C=CC2=C1CCCC2.Cl.Cl. The summed E-state index contributed by atoms with van der Waals surface area (Å²) < 4.78 is 4.49. The molecule has 1 atom stereocenters. The Morgan fingerprint density at radius 1 is 1.15 bits per heavy atom. The molecule has 0 heterocycles. The normalized spacial score (nSPS) is 22.9. The van der Waals surface area contributed by atoms with E-state index in [1.165, 1.54) is 32.1 Å². The van der Waals surface area contributed by atoms with Gasteiger partial charge in [0.25, 0.3) is 0 Å². The van der Waals surface area contributed by atoms with E-state index < -0.39 is 21.0 Å². The molecule has 0 aromatic heterocycles. The molecule has 0 saturated carbocycles. The number of rotatable bonds is 2. The van der Waals surface area contributed by atoms with Crippen molar-refractivity contribution in [1.29, 1.82) is 0 Å². The zero-order valence-corrected chi connectivity index (χ0v) is 17.5. The Morgan fingerprint density at radius 2 is 1.90 bits per heavy atom. The zero-order valence-electron chi connectivity index (χ0n) is 12.3. The van der Waals surface area contributed by atoms with Crippen molar-refractivity contribution in [3.8, 4) is 0 Å². The molecule has 0 aliphatic heterocycles. The van der Waals surface area contributed by atoms with Crippen LogP contribution in [0.5, 0.6) is 0 Å². The molecule has 0 amide bonds. The van der Waals surface area contributed by atoms with E-state index in [0.29, 0.717) is 0 Å². The summed E-state index contributed by atoms with van der Waals surface area (Å²) >= 11 is -1.78. The fourth-order valence-electron chi connectivity index (χ4n) is 3.58. The molecule has 20 heavy (non-hydrogen) atoms. The summed E-state index contributed by atoms with van der Waals surface area (Å²) in [6.07, 6.45) is 18.9. The zero-order chi connectivity index (χ0) is 12.5. The van der Waals surface area contributed by atoms with E-state index in [0.717, 1.165) is 3.67 Å². The van der Waals surface area contributed by atoms with Gasteiger partial charge in [-0.2, -0.15) is 0 Å². The van der Waals surface area contributed by atoms with E-state index in [1.807, 2.05) is 8.90 Å². The fraction of sp³-hybridized carbons (Fsp3) is 0.471. The first-order chi connectivity index (χ1) is 8.77. The van der Waals surface area contributed by atoms with E-state index in [2.05, 4.69) is 44.2 Å². The van der Waals surface area contributed by atoms with Gasteiger partial charge in [-0.1, -0.05) is 0 Å². The third-order valence-electron chi connectivity index (χ3n) is 4.39. The summed E-state index contributed by atoms with van der Waals surface area (Å²) in [4.78, 5) is 0. The van der Waals surface area contributed by atoms with Crippen LogP contribution in [-0.2, 0) is 21.0 Å². The first kappa shape index (κ1) is 18.3. The Hall–Kier alpha value is 0.280. The van der Waals surface area contributed by atoms with Gasteiger partial charge in [0.05, 0.1) is 0 Å². The molecular formula is C17H24Cl2Hf. The van der Waals surface area contributed by atoms with Crippen LogP contribution < -0.4 is 0 Å². The molecule has 0 saturated heterocycles. The van der Waals surface area contributed by atoms with Crippen LogP contribution >= 0.6 is 24.8 Å². The van der Waals surface area contributed by atoms with E-state index in [4.69, 9.17) is 0 Å². The predicted molar refractivity (Wildman–Crippen MR) is 91.1 cm³/mol. The van der Waals surface area contributed by atoms with Gasteiger partial charge >= 0.3 is 119 Å². The number of hydrogen-bond donors (Lipinski definition) is 0. The average molecular weight is 478 g/mol. The molecule has 3 heteroatoms. The van der Waals surface area contributed by atoms with Crippen molar-refractivity contribution >= 4 is 28.1 Å². The van der Waals surface area contributed by atoms with Gasteiger partial charge in [-0.15, -0.1) is 24.8 Å². The van der Waals surface area contributed by atoms with Crippen LogP contribution in [0.1, 0.15) is 46.0 Å². The van der Waals surface area contributed by atoms with E-state index in [1.54, 1.807) is 8.83 Å². The van der Waals surface area contributed by atoms with E-state index in [9.17, 15) is 0 Å². The van der Waals surface area contributed by atoms with Crippen molar-refractivity contribution in [2.24, 2.45) is 0 Å². The molecular weight excluding hydrogens is 454 g/mol. The van der Waals surface area contributed by atoms with Crippen LogP contribution in [0.2, 0.25) is 3.67 Å². The molecule has 3 aliphatic carbocycles. The Kier molecular flexibility index (Phi) is 7.38. The van der Waals surface area contributed by atoms with Crippen molar-refractivity contribution < 1.29 is 21.0 Å². The van der Waals surface area contributed by atoms with Crippen LogP contribution in [0.25, 0.3) is 0 Å². The van der Waals surface area contributed by atoms with Gasteiger partial charge in [-0.3, -0.25) is 0 Å². The Morgan fingerprint density at radius 3 is 2.55 bits per heavy atom. The molecule has 0 N–H and O–H groups in total. The van der Waals surface area contributed by atoms with Gasteiger partial charge in [-0.05, 0) is 0 Å². The van der Waals surface area contributed by atoms with Crippen molar-refractivity contribution in [1.82, 2.24) is 0 Å². The Balaban J connectivity index is 0.000001000. The largest absolute Gasteiger partial charge is 0.147 e. The number of hydrogen-bond acceptors (Lipinski definition) is 0. The van der Waals surface area contributed by atoms with E-state index >= 15 is 0 Å².